The fraction of sp³-hybridized carbons (Fsp3) is 0.250. The Morgan fingerprint density at radius 3 is 2.22 bits per heavy atom. The van der Waals surface area contributed by atoms with E-state index in [1.165, 1.54) is 0 Å². The maximum Gasteiger partial charge on any atom is 0.375 e. The van der Waals surface area contributed by atoms with E-state index < -0.39 is 23.3 Å². The zero-order valence-corrected chi connectivity index (χ0v) is 21.6. The third-order valence-corrected chi connectivity index (χ3v) is 7.73. The van der Waals surface area contributed by atoms with Gasteiger partial charge in [-0.1, -0.05) is 11.8 Å². The van der Waals surface area contributed by atoms with Crippen LogP contribution in [0.4, 0.5) is 0 Å². The molecule has 11 nitrogen and oxygen atoms in total. The van der Waals surface area contributed by atoms with Gasteiger partial charge in [0.05, 0.1) is 53.6 Å². The number of aromatic nitrogens is 4. The van der Waals surface area contributed by atoms with Gasteiger partial charge in [0.25, 0.3) is 5.60 Å². The molecule has 3 N–H and O–H groups in total. The number of imidazole rings is 2. The van der Waals surface area contributed by atoms with Gasteiger partial charge in [-0.15, -0.1) is 0 Å². The number of aromatic amines is 2. The van der Waals surface area contributed by atoms with Crippen molar-refractivity contribution in [3.63, 3.8) is 0 Å². The smallest absolute Gasteiger partial charge is 0.375 e. The van der Waals surface area contributed by atoms with Gasteiger partial charge in [0.15, 0.2) is 10.3 Å². The molecule has 2 aromatic heterocycles. The Morgan fingerprint density at radius 2 is 1.62 bits per heavy atom. The number of methoxy groups -OCH3 is 2. The second-order valence-corrected chi connectivity index (χ2v) is 9.82. The molecule has 5 rings (SSSR count). The monoisotopic (exact) mass is 542 g/mol. The third kappa shape index (κ3) is 4.55. The van der Waals surface area contributed by atoms with Gasteiger partial charge in [0, 0.05) is 12.1 Å². The first-order valence-electron chi connectivity index (χ1n) is 11.1. The molecule has 37 heavy (non-hydrogen) atoms. The molecule has 0 saturated heterocycles. The molecular weight excluding hydrogens is 520 g/mol. The van der Waals surface area contributed by atoms with Gasteiger partial charge >= 0.3 is 11.9 Å². The standard InChI is InChI=1S/C24H22N4O7S2/c1-4-34-21(31)24(11-36-22-25-14-7-5-12(32-2)9-16(14)27-22)19(18(29)20(30)35-24)37-23-26-15-8-6-13(33-3)10-17(15)28-23/h5-10,29H,4,11H2,1-3H3,(H,25,27)(H,26,28). The average molecular weight is 543 g/mol. The lowest BCUT2D eigenvalue weighted by Gasteiger charge is -2.26. The van der Waals surface area contributed by atoms with Crippen LogP contribution in [0.3, 0.4) is 0 Å². The molecule has 0 aliphatic carbocycles. The summed E-state index contributed by atoms with van der Waals surface area (Å²) in [6, 6.07) is 10.7. The average Bonchev–Trinajstić information content (AvgIpc) is 3.57. The van der Waals surface area contributed by atoms with E-state index in [1.54, 1.807) is 51.5 Å². The quantitative estimate of drug-likeness (QED) is 0.208. The Balaban J connectivity index is 1.48. The number of cyclic esters (lactones) is 1. The number of aliphatic hydroxyl groups is 1. The summed E-state index contributed by atoms with van der Waals surface area (Å²) in [5.41, 5.74) is 0.854. The first-order chi connectivity index (χ1) is 17.9. The van der Waals surface area contributed by atoms with Crippen molar-refractivity contribution in [2.45, 2.75) is 22.8 Å². The lowest BCUT2D eigenvalue weighted by Crippen LogP contribution is -2.44. The molecule has 1 aliphatic rings. The Bertz CT molecular complexity index is 1550. The second kappa shape index (κ2) is 9.90. The zero-order valence-electron chi connectivity index (χ0n) is 20.0. The van der Waals surface area contributed by atoms with Crippen molar-refractivity contribution in [1.82, 2.24) is 19.9 Å². The molecule has 0 amide bonds. The lowest BCUT2D eigenvalue weighted by molar-refractivity contribution is -0.169. The van der Waals surface area contributed by atoms with Crippen LogP contribution < -0.4 is 9.47 Å². The van der Waals surface area contributed by atoms with Crippen LogP contribution in [0.2, 0.25) is 0 Å². The molecule has 0 bridgehead atoms. The van der Waals surface area contributed by atoms with Gasteiger partial charge in [-0.2, -0.15) is 0 Å². The van der Waals surface area contributed by atoms with Gasteiger partial charge in [0.2, 0.25) is 5.76 Å². The highest BCUT2D eigenvalue weighted by Crippen LogP contribution is 2.46. The Morgan fingerprint density at radius 1 is 1.03 bits per heavy atom. The maximum absolute atomic E-state index is 13.2. The normalized spacial score (nSPS) is 17.4. The number of esters is 2. The number of fused-ring (bicyclic) bond motifs is 2. The van der Waals surface area contributed by atoms with Gasteiger partial charge in [-0.25, -0.2) is 19.6 Å². The van der Waals surface area contributed by atoms with E-state index in [4.69, 9.17) is 18.9 Å². The summed E-state index contributed by atoms with van der Waals surface area (Å²) in [6.07, 6.45) is 0. The van der Waals surface area contributed by atoms with E-state index in [2.05, 4.69) is 19.9 Å². The van der Waals surface area contributed by atoms with E-state index in [9.17, 15) is 14.7 Å². The van der Waals surface area contributed by atoms with E-state index in [0.29, 0.717) is 38.4 Å². The predicted molar refractivity (Wildman–Crippen MR) is 137 cm³/mol. The number of hydrogen-bond acceptors (Lipinski definition) is 11. The summed E-state index contributed by atoms with van der Waals surface area (Å²) in [4.78, 5) is 41.0. The largest absolute Gasteiger partial charge is 0.501 e. The van der Waals surface area contributed by atoms with Gasteiger partial charge in [-0.3, -0.25) is 0 Å². The minimum atomic E-state index is -1.90. The molecule has 3 heterocycles. The number of nitrogens with zero attached hydrogens (tertiary/aromatic N) is 2. The van der Waals surface area contributed by atoms with Crippen molar-refractivity contribution < 1.29 is 33.6 Å². The van der Waals surface area contributed by atoms with Crippen LogP contribution in [0.15, 0.2) is 57.4 Å². The van der Waals surface area contributed by atoms with Crippen LogP contribution in [0.25, 0.3) is 22.1 Å². The Kier molecular flexibility index (Phi) is 6.65. The number of H-pyrrole nitrogens is 2. The highest BCUT2D eigenvalue weighted by molar-refractivity contribution is 8.03. The van der Waals surface area contributed by atoms with Gasteiger partial charge in [-0.05, 0) is 43.0 Å². The Hall–Kier alpha value is -3.84. The summed E-state index contributed by atoms with van der Waals surface area (Å²) < 4.78 is 21.3. The zero-order chi connectivity index (χ0) is 26.2. The molecule has 1 unspecified atom stereocenters. The van der Waals surface area contributed by atoms with Crippen LogP contribution in [0, 0.1) is 0 Å². The van der Waals surface area contributed by atoms with E-state index in [1.807, 2.05) is 6.07 Å². The van der Waals surface area contributed by atoms with Crippen molar-refractivity contribution in [1.29, 1.82) is 0 Å². The molecule has 1 atom stereocenters. The van der Waals surface area contributed by atoms with Crippen LogP contribution in [-0.2, 0) is 19.1 Å². The highest BCUT2D eigenvalue weighted by Gasteiger charge is 2.56. The van der Waals surface area contributed by atoms with E-state index in [-0.39, 0.29) is 17.3 Å². The molecule has 0 fully saturated rings. The van der Waals surface area contributed by atoms with Gasteiger partial charge < -0.3 is 34.0 Å². The molecule has 4 aromatic rings. The predicted octanol–water partition coefficient (Wildman–Crippen LogP) is 3.97. The number of ether oxygens (including phenoxy) is 4. The SMILES string of the molecule is CCOC(=O)C1(CSc2nc3cc(OC)ccc3[nH]2)OC(=O)C(O)=C1Sc1nc2cc(OC)ccc2[nH]1. The number of rotatable bonds is 9. The number of aliphatic hydroxyl groups excluding tert-OH is 1. The number of nitrogens with one attached hydrogen (secondary N) is 2. The molecule has 0 spiro atoms. The van der Waals surface area contributed by atoms with Crippen molar-refractivity contribution in [2.75, 3.05) is 26.6 Å². The molecule has 2 aromatic carbocycles. The van der Waals surface area contributed by atoms with Gasteiger partial charge in [0.1, 0.15) is 11.5 Å². The minimum Gasteiger partial charge on any atom is -0.501 e. The van der Waals surface area contributed by atoms with Crippen LogP contribution >= 0.6 is 23.5 Å². The number of benzene rings is 2. The molecular formula is C24H22N4O7S2. The number of carbonyl (C=O) groups excluding carboxylic acids is 2. The number of thioether (sulfide) groups is 2. The molecule has 0 radical (unpaired) electrons. The fourth-order valence-electron chi connectivity index (χ4n) is 3.77. The van der Waals surface area contributed by atoms with Crippen molar-refractivity contribution in [3.8, 4) is 11.5 Å². The fourth-order valence-corrected chi connectivity index (χ4v) is 5.90. The van der Waals surface area contributed by atoms with Crippen molar-refractivity contribution in [3.05, 3.63) is 47.1 Å². The van der Waals surface area contributed by atoms with E-state index in [0.717, 1.165) is 29.0 Å². The number of hydrogen-bond donors (Lipinski definition) is 3. The summed E-state index contributed by atoms with van der Waals surface area (Å²) in [5.74, 6) is -1.34. The highest BCUT2D eigenvalue weighted by atomic mass is 32.2. The summed E-state index contributed by atoms with van der Waals surface area (Å²) in [5, 5.41) is 11.5. The topological polar surface area (TPSA) is 149 Å². The molecule has 1 aliphatic heterocycles. The molecule has 0 saturated carbocycles. The Labute approximate surface area is 218 Å². The van der Waals surface area contributed by atoms with Crippen LogP contribution in [0.5, 0.6) is 11.5 Å². The van der Waals surface area contributed by atoms with Crippen molar-refractivity contribution in [2.24, 2.45) is 0 Å². The minimum absolute atomic E-state index is 0.0211. The second-order valence-electron chi connectivity index (χ2n) is 7.86. The molecule has 13 heteroatoms. The third-order valence-electron chi connectivity index (χ3n) is 5.60. The first kappa shape index (κ1) is 24.8. The maximum atomic E-state index is 13.2. The summed E-state index contributed by atoms with van der Waals surface area (Å²) >= 11 is 2.07. The number of carbonyl (C=O) groups is 2. The summed E-state index contributed by atoms with van der Waals surface area (Å²) in [6.45, 7) is 1.70. The summed E-state index contributed by atoms with van der Waals surface area (Å²) in [7, 11) is 3.12. The van der Waals surface area contributed by atoms with Crippen LogP contribution in [0.1, 0.15) is 6.92 Å². The van der Waals surface area contributed by atoms with Crippen LogP contribution in [-0.4, -0.2) is 69.2 Å². The first-order valence-corrected chi connectivity index (χ1v) is 12.9. The lowest BCUT2D eigenvalue weighted by atomic mass is 10.1. The van der Waals surface area contributed by atoms with Crippen molar-refractivity contribution >= 4 is 57.5 Å². The van der Waals surface area contributed by atoms with E-state index >= 15 is 0 Å². The molecule has 192 valence electrons.